The Morgan fingerprint density at radius 3 is 2.53 bits per heavy atom. The molecule has 6 heteroatoms. The van der Waals surface area contributed by atoms with E-state index in [1.807, 2.05) is 20.8 Å². The number of carbonyl (C=O) groups excluding carboxylic acids is 2. The zero-order valence-electron chi connectivity index (χ0n) is 10.5. The number of nitrogens with one attached hydrogen (secondary N) is 1. The first-order valence-electron chi connectivity index (χ1n) is 5.79. The van der Waals surface area contributed by atoms with Gasteiger partial charge in [-0.3, -0.25) is 9.69 Å². The maximum Gasteiger partial charge on any atom is 0.410 e. The topological polar surface area (TPSA) is 58.6 Å². The van der Waals surface area contributed by atoms with E-state index in [4.69, 9.17) is 4.74 Å². The van der Waals surface area contributed by atoms with E-state index in [1.54, 1.807) is 0 Å². The maximum absolute atomic E-state index is 11.9. The lowest BCUT2D eigenvalue weighted by Crippen LogP contribution is -2.51. The van der Waals surface area contributed by atoms with Crippen molar-refractivity contribution in [2.75, 3.05) is 6.54 Å². The lowest BCUT2D eigenvalue weighted by Gasteiger charge is -2.35. The molecule has 0 spiro atoms. The zero-order chi connectivity index (χ0) is 13.1. The van der Waals surface area contributed by atoms with Gasteiger partial charge in [0.2, 0.25) is 0 Å². The molecule has 1 atom stereocenters. The fourth-order valence-corrected chi connectivity index (χ4v) is 1.97. The Balaban J connectivity index is 2.71. The zero-order valence-corrected chi connectivity index (χ0v) is 11.4. The van der Waals surface area contributed by atoms with Crippen LogP contribution in [0.5, 0.6) is 0 Å². The molecule has 1 N–H and O–H groups in total. The number of likely N-dealkylation sites (tertiary alicyclic amines) is 1. The molecule has 0 bridgehead atoms. The van der Waals surface area contributed by atoms with Gasteiger partial charge in [-0.25, -0.2) is 4.79 Å². The number of hydrogen-bond donors (Lipinski definition) is 2. The molecular weight excluding hydrogens is 240 g/mol. The number of nitrogens with zero attached hydrogens (tertiary/aromatic N) is 1. The summed E-state index contributed by atoms with van der Waals surface area (Å²) in [5.74, 6) is -0.251. The number of amides is 2. The van der Waals surface area contributed by atoms with Crippen LogP contribution >= 0.6 is 12.8 Å². The van der Waals surface area contributed by atoms with Gasteiger partial charge in [0, 0.05) is 6.54 Å². The second-order valence-electron chi connectivity index (χ2n) is 5.16. The van der Waals surface area contributed by atoms with Crippen LogP contribution in [-0.2, 0) is 9.53 Å². The predicted molar refractivity (Wildman–Crippen MR) is 67.7 cm³/mol. The monoisotopic (exact) mass is 260 g/mol. The van der Waals surface area contributed by atoms with Gasteiger partial charge in [0.15, 0.2) is 0 Å². The Morgan fingerprint density at radius 2 is 2.00 bits per heavy atom. The summed E-state index contributed by atoms with van der Waals surface area (Å²) >= 11 is 3.74. The number of carbonyl (C=O) groups is 2. The molecule has 0 aromatic carbocycles. The van der Waals surface area contributed by atoms with Crippen molar-refractivity contribution in [3.8, 4) is 0 Å². The van der Waals surface area contributed by atoms with Crippen molar-refractivity contribution in [2.45, 2.75) is 51.7 Å². The summed E-state index contributed by atoms with van der Waals surface area (Å²) in [6.45, 7) is 5.98. The molecule has 1 aliphatic rings. The summed E-state index contributed by atoms with van der Waals surface area (Å²) in [6.07, 6.45) is 2.06. The van der Waals surface area contributed by atoms with Crippen molar-refractivity contribution < 1.29 is 14.3 Å². The minimum Gasteiger partial charge on any atom is -0.444 e. The van der Waals surface area contributed by atoms with Gasteiger partial charge in [0.05, 0.1) is 0 Å². The van der Waals surface area contributed by atoms with Crippen molar-refractivity contribution in [1.29, 1.82) is 0 Å². The molecular formula is C11H20N2O3S. The average molecular weight is 260 g/mol. The molecule has 1 aliphatic heterocycles. The number of thiol groups is 1. The Kier molecular flexibility index (Phi) is 4.68. The van der Waals surface area contributed by atoms with Crippen LogP contribution in [0.25, 0.3) is 0 Å². The second-order valence-corrected chi connectivity index (χ2v) is 5.38. The normalized spacial score (nSPS) is 20.9. The van der Waals surface area contributed by atoms with Crippen LogP contribution in [0.1, 0.15) is 40.0 Å². The molecule has 17 heavy (non-hydrogen) atoms. The van der Waals surface area contributed by atoms with Crippen molar-refractivity contribution in [3.05, 3.63) is 0 Å². The summed E-state index contributed by atoms with van der Waals surface area (Å²) in [7, 11) is 0. The predicted octanol–water partition coefficient (Wildman–Crippen LogP) is 1.74. The largest absolute Gasteiger partial charge is 0.444 e. The third-order valence-electron chi connectivity index (χ3n) is 2.54. The Bertz CT molecular complexity index is 302. The van der Waals surface area contributed by atoms with E-state index >= 15 is 0 Å². The van der Waals surface area contributed by atoms with Gasteiger partial charge in [-0.2, -0.15) is 0 Å². The first-order valence-corrected chi connectivity index (χ1v) is 6.23. The van der Waals surface area contributed by atoms with Crippen LogP contribution < -0.4 is 4.72 Å². The van der Waals surface area contributed by atoms with Crippen LogP contribution in [0.4, 0.5) is 4.79 Å². The molecule has 1 rings (SSSR count). The molecule has 1 saturated heterocycles. The molecule has 5 nitrogen and oxygen atoms in total. The SMILES string of the molecule is CC(C)(C)OC(=O)N1CCCCC1C(=O)NS. The fraction of sp³-hybridized carbons (Fsp3) is 0.818. The van der Waals surface area contributed by atoms with Crippen molar-refractivity contribution >= 4 is 24.8 Å². The molecule has 2 amide bonds. The van der Waals surface area contributed by atoms with E-state index in [0.29, 0.717) is 13.0 Å². The summed E-state index contributed by atoms with van der Waals surface area (Å²) in [5, 5.41) is 0. The first kappa shape index (κ1) is 14.2. The first-order chi connectivity index (χ1) is 7.85. The minimum absolute atomic E-state index is 0.251. The van der Waals surface area contributed by atoms with Crippen LogP contribution in [0.3, 0.4) is 0 Å². The summed E-state index contributed by atoms with van der Waals surface area (Å²) < 4.78 is 7.57. The molecule has 1 fully saturated rings. The lowest BCUT2D eigenvalue weighted by molar-refractivity contribution is -0.125. The van der Waals surface area contributed by atoms with Gasteiger partial charge in [0.25, 0.3) is 5.91 Å². The van der Waals surface area contributed by atoms with Gasteiger partial charge in [-0.05, 0) is 40.0 Å². The maximum atomic E-state index is 11.9. The highest BCUT2D eigenvalue weighted by Gasteiger charge is 2.34. The Morgan fingerprint density at radius 1 is 1.35 bits per heavy atom. The molecule has 1 unspecified atom stereocenters. The van der Waals surface area contributed by atoms with E-state index in [2.05, 4.69) is 17.5 Å². The molecule has 1 heterocycles. The van der Waals surface area contributed by atoms with Crippen LogP contribution in [0.2, 0.25) is 0 Å². The highest BCUT2D eigenvalue weighted by atomic mass is 32.1. The number of ether oxygens (including phenoxy) is 1. The van der Waals surface area contributed by atoms with Gasteiger partial charge < -0.3 is 9.46 Å². The summed E-state index contributed by atoms with van der Waals surface area (Å²) in [6, 6.07) is -0.462. The van der Waals surface area contributed by atoms with Gasteiger partial charge in [-0.1, -0.05) is 12.8 Å². The van der Waals surface area contributed by atoms with E-state index < -0.39 is 17.7 Å². The van der Waals surface area contributed by atoms with Crippen molar-refractivity contribution in [2.24, 2.45) is 0 Å². The van der Waals surface area contributed by atoms with Crippen LogP contribution in [-0.4, -0.2) is 35.1 Å². The van der Waals surface area contributed by atoms with Gasteiger partial charge in [0.1, 0.15) is 11.6 Å². The molecule has 0 radical (unpaired) electrons. The number of rotatable bonds is 1. The Hall–Kier alpha value is -0.910. The van der Waals surface area contributed by atoms with Crippen LogP contribution in [0, 0.1) is 0 Å². The standard InChI is InChI=1S/C11H20N2O3S/c1-11(2,3)16-10(15)13-7-5-4-6-8(13)9(14)12-17/h8,17H,4-7H2,1-3H3,(H,12,14). The van der Waals surface area contributed by atoms with Gasteiger partial charge in [-0.15, -0.1) is 0 Å². The molecule has 0 aromatic heterocycles. The van der Waals surface area contributed by atoms with E-state index in [1.165, 1.54) is 4.90 Å². The third kappa shape index (κ3) is 4.11. The van der Waals surface area contributed by atoms with E-state index in [9.17, 15) is 9.59 Å². The van der Waals surface area contributed by atoms with Crippen LogP contribution in [0.15, 0.2) is 0 Å². The van der Waals surface area contributed by atoms with Crippen molar-refractivity contribution in [3.63, 3.8) is 0 Å². The summed E-state index contributed by atoms with van der Waals surface area (Å²) in [5.41, 5.74) is -0.545. The van der Waals surface area contributed by atoms with Gasteiger partial charge >= 0.3 is 6.09 Å². The lowest BCUT2D eigenvalue weighted by atomic mass is 10.0. The van der Waals surface area contributed by atoms with E-state index in [-0.39, 0.29) is 5.91 Å². The number of piperidine rings is 1. The molecule has 0 saturated carbocycles. The fourth-order valence-electron chi connectivity index (χ4n) is 1.82. The van der Waals surface area contributed by atoms with Crippen molar-refractivity contribution in [1.82, 2.24) is 9.62 Å². The average Bonchev–Trinajstić information content (AvgIpc) is 2.25. The molecule has 98 valence electrons. The molecule has 0 aromatic rings. The quantitative estimate of drug-likeness (QED) is 0.706. The molecule has 0 aliphatic carbocycles. The summed E-state index contributed by atoms with van der Waals surface area (Å²) in [4.78, 5) is 25.0. The highest BCUT2D eigenvalue weighted by molar-refractivity contribution is 7.78. The third-order valence-corrected chi connectivity index (χ3v) is 2.76. The Labute approximate surface area is 107 Å². The smallest absolute Gasteiger partial charge is 0.410 e. The number of hydrogen-bond acceptors (Lipinski definition) is 4. The minimum atomic E-state index is -0.545. The highest BCUT2D eigenvalue weighted by Crippen LogP contribution is 2.20. The van der Waals surface area contributed by atoms with E-state index in [0.717, 1.165) is 12.8 Å². The second kappa shape index (κ2) is 5.62.